The van der Waals surface area contributed by atoms with E-state index in [9.17, 15) is 0 Å². The van der Waals surface area contributed by atoms with E-state index in [1.54, 1.807) is 14.2 Å². The fraction of sp³-hybridized carbons (Fsp3) is 0.250. The van der Waals surface area contributed by atoms with Crippen LogP contribution in [0.25, 0.3) is 11.3 Å². The number of benzene rings is 1. The molecule has 0 radical (unpaired) electrons. The molecule has 0 bridgehead atoms. The van der Waals surface area contributed by atoms with Crippen LogP contribution in [0.2, 0.25) is 0 Å². The van der Waals surface area contributed by atoms with Crippen molar-refractivity contribution < 1.29 is 9.47 Å². The Bertz CT molecular complexity index is 554. The topological polar surface area (TPSA) is 73.2 Å². The van der Waals surface area contributed by atoms with E-state index in [-0.39, 0.29) is 0 Å². The molecule has 1 aromatic heterocycles. The molecule has 0 saturated carbocycles. The molecule has 0 aliphatic carbocycles. The second kappa shape index (κ2) is 5.41. The fourth-order valence-electron chi connectivity index (χ4n) is 1.67. The lowest BCUT2D eigenvalue weighted by Gasteiger charge is -2.08. The number of methoxy groups -OCH3 is 2. The molecule has 0 fully saturated rings. The summed E-state index contributed by atoms with van der Waals surface area (Å²) in [5, 5.41) is 0. The van der Waals surface area contributed by atoms with E-state index in [2.05, 4.69) is 25.9 Å². The van der Waals surface area contributed by atoms with Gasteiger partial charge in [-0.3, -0.25) is 0 Å². The molecule has 3 N–H and O–H groups in total. The van der Waals surface area contributed by atoms with Gasteiger partial charge in [-0.25, -0.2) is 4.98 Å². The van der Waals surface area contributed by atoms with Crippen molar-refractivity contribution in [1.29, 1.82) is 0 Å². The van der Waals surface area contributed by atoms with Gasteiger partial charge >= 0.3 is 0 Å². The largest absolute Gasteiger partial charge is 0.497 e. The second-order valence-corrected chi connectivity index (χ2v) is 4.41. The van der Waals surface area contributed by atoms with Gasteiger partial charge in [0.25, 0.3) is 0 Å². The molecule has 1 aromatic carbocycles. The molecule has 2 aromatic rings. The number of ether oxygens (including phenoxy) is 2. The number of hydrogen-bond donors (Lipinski definition) is 2. The van der Waals surface area contributed by atoms with Crippen LogP contribution < -0.4 is 15.2 Å². The van der Waals surface area contributed by atoms with Gasteiger partial charge in [-0.2, -0.15) is 0 Å². The van der Waals surface area contributed by atoms with Crippen molar-refractivity contribution in [3.63, 3.8) is 0 Å². The van der Waals surface area contributed by atoms with Crippen LogP contribution in [-0.2, 0) is 6.54 Å². The maximum absolute atomic E-state index is 5.57. The summed E-state index contributed by atoms with van der Waals surface area (Å²) in [7, 11) is 3.24. The molecule has 96 valence electrons. The van der Waals surface area contributed by atoms with Crippen LogP contribution in [0, 0.1) is 0 Å². The molecule has 18 heavy (non-hydrogen) atoms. The van der Waals surface area contributed by atoms with Crippen molar-refractivity contribution in [3.05, 3.63) is 28.6 Å². The first-order valence-electron chi connectivity index (χ1n) is 5.36. The van der Waals surface area contributed by atoms with Gasteiger partial charge in [-0.1, -0.05) is 0 Å². The first-order valence-corrected chi connectivity index (χ1v) is 6.15. The summed E-state index contributed by atoms with van der Waals surface area (Å²) < 4.78 is 11.3. The third-order valence-corrected chi connectivity index (χ3v) is 3.14. The quantitative estimate of drug-likeness (QED) is 0.908. The number of H-pyrrole nitrogens is 1. The zero-order valence-corrected chi connectivity index (χ0v) is 11.7. The summed E-state index contributed by atoms with van der Waals surface area (Å²) in [4.78, 5) is 7.49. The van der Waals surface area contributed by atoms with Gasteiger partial charge in [0.1, 0.15) is 27.6 Å². The van der Waals surface area contributed by atoms with Crippen molar-refractivity contribution in [1.82, 2.24) is 9.97 Å². The number of halogens is 1. The minimum absolute atomic E-state index is 0.352. The molecule has 0 atom stereocenters. The standard InChI is InChI=1S/C12H14BrN3O2/c1-17-7-3-4-9(18-2)8(5-7)11-12(13)16-10(6-14)15-11/h3-5H,6,14H2,1-2H3,(H,15,16). The highest BCUT2D eigenvalue weighted by molar-refractivity contribution is 9.10. The molecule has 0 saturated heterocycles. The molecule has 6 heteroatoms. The number of imidazole rings is 1. The molecular formula is C12H14BrN3O2. The minimum atomic E-state index is 0.352. The lowest BCUT2D eigenvalue weighted by Crippen LogP contribution is -1.98. The van der Waals surface area contributed by atoms with E-state index >= 15 is 0 Å². The number of rotatable bonds is 4. The first kappa shape index (κ1) is 12.9. The molecule has 0 unspecified atom stereocenters. The summed E-state index contributed by atoms with van der Waals surface area (Å²) in [5.41, 5.74) is 7.17. The van der Waals surface area contributed by atoms with Gasteiger partial charge in [-0.15, -0.1) is 0 Å². The van der Waals surface area contributed by atoms with E-state index in [0.717, 1.165) is 27.4 Å². The molecule has 1 heterocycles. The zero-order chi connectivity index (χ0) is 13.1. The second-order valence-electron chi connectivity index (χ2n) is 3.62. The third kappa shape index (κ3) is 2.34. The fourth-order valence-corrected chi connectivity index (χ4v) is 2.20. The summed E-state index contributed by atoms with van der Waals surface area (Å²) in [6.07, 6.45) is 0. The molecule has 5 nitrogen and oxygen atoms in total. The highest BCUT2D eigenvalue weighted by Gasteiger charge is 2.15. The first-order chi connectivity index (χ1) is 8.69. The maximum atomic E-state index is 5.57. The summed E-state index contributed by atoms with van der Waals surface area (Å²) in [6, 6.07) is 5.56. The number of nitrogens with two attached hydrogens (primary N) is 1. The van der Waals surface area contributed by atoms with Gasteiger partial charge in [0, 0.05) is 5.56 Å². The Kier molecular flexibility index (Phi) is 3.88. The smallest absolute Gasteiger partial charge is 0.128 e. The van der Waals surface area contributed by atoms with Gasteiger partial charge in [-0.05, 0) is 34.1 Å². The van der Waals surface area contributed by atoms with E-state index in [0.29, 0.717) is 12.4 Å². The van der Waals surface area contributed by atoms with Gasteiger partial charge in [0.2, 0.25) is 0 Å². The molecule has 2 rings (SSSR count). The van der Waals surface area contributed by atoms with Crippen molar-refractivity contribution in [2.45, 2.75) is 6.54 Å². The Labute approximate surface area is 113 Å². The van der Waals surface area contributed by atoms with Gasteiger partial charge in [0.05, 0.1) is 20.8 Å². The van der Waals surface area contributed by atoms with Crippen LogP contribution >= 0.6 is 15.9 Å². The minimum Gasteiger partial charge on any atom is -0.497 e. The Morgan fingerprint density at radius 1 is 1.33 bits per heavy atom. The van der Waals surface area contributed by atoms with E-state index in [1.807, 2.05) is 18.2 Å². The summed E-state index contributed by atoms with van der Waals surface area (Å²) in [6.45, 7) is 0.352. The van der Waals surface area contributed by atoms with Crippen LogP contribution in [0.4, 0.5) is 0 Å². The monoisotopic (exact) mass is 311 g/mol. The predicted molar refractivity (Wildman–Crippen MR) is 72.7 cm³/mol. The summed E-state index contributed by atoms with van der Waals surface area (Å²) >= 11 is 3.43. The number of aromatic nitrogens is 2. The molecular weight excluding hydrogens is 298 g/mol. The Morgan fingerprint density at radius 2 is 2.11 bits per heavy atom. The lowest BCUT2D eigenvalue weighted by molar-refractivity contribution is 0.404. The van der Waals surface area contributed by atoms with Crippen molar-refractivity contribution in [2.75, 3.05) is 14.2 Å². The Balaban J connectivity index is 2.56. The normalized spacial score (nSPS) is 10.4. The van der Waals surface area contributed by atoms with Crippen molar-refractivity contribution in [2.24, 2.45) is 5.73 Å². The zero-order valence-electron chi connectivity index (χ0n) is 10.2. The average Bonchev–Trinajstić information content (AvgIpc) is 2.79. The highest BCUT2D eigenvalue weighted by Crippen LogP contribution is 2.35. The lowest BCUT2D eigenvalue weighted by atomic mass is 10.1. The number of nitrogens with one attached hydrogen (secondary N) is 1. The van der Waals surface area contributed by atoms with Gasteiger partial charge < -0.3 is 20.2 Å². The van der Waals surface area contributed by atoms with Crippen LogP contribution in [-0.4, -0.2) is 24.2 Å². The highest BCUT2D eigenvalue weighted by atomic mass is 79.9. The van der Waals surface area contributed by atoms with Crippen LogP contribution in [0.5, 0.6) is 11.5 Å². The van der Waals surface area contributed by atoms with Crippen LogP contribution in [0.3, 0.4) is 0 Å². The van der Waals surface area contributed by atoms with Crippen molar-refractivity contribution >= 4 is 15.9 Å². The Morgan fingerprint density at radius 3 is 2.67 bits per heavy atom. The molecule has 0 amide bonds. The number of nitrogens with zero attached hydrogens (tertiary/aromatic N) is 1. The van der Waals surface area contributed by atoms with Crippen LogP contribution in [0.1, 0.15) is 5.82 Å². The predicted octanol–water partition coefficient (Wildman–Crippen LogP) is 2.32. The van der Waals surface area contributed by atoms with Gasteiger partial charge in [0.15, 0.2) is 0 Å². The number of hydrogen-bond acceptors (Lipinski definition) is 4. The number of aromatic amines is 1. The molecule has 0 spiro atoms. The molecule has 0 aliphatic heterocycles. The maximum Gasteiger partial charge on any atom is 0.128 e. The van der Waals surface area contributed by atoms with Crippen LogP contribution in [0.15, 0.2) is 22.8 Å². The molecule has 0 aliphatic rings. The summed E-state index contributed by atoms with van der Waals surface area (Å²) in [5.74, 6) is 2.18. The van der Waals surface area contributed by atoms with E-state index < -0.39 is 0 Å². The third-order valence-electron chi connectivity index (χ3n) is 2.56. The van der Waals surface area contributed by atoms with Crippen molar-refractivity contribution in [3.8, 4) is 22.8 Å². The van der Waals surface area contributed by atoms with E-state index in [4.69, 9.17) is 15.2 Å². The SMILES string of the molecule is COc1ccc(OC)c(-c2nc(CN)[nH]c2Br)c1. The van der Waals surface area contributed by atoms with E-state index in [1.165, 1.54) is 0 Å². The Hall–Kier alpha value is -1.53. The average molecular weight is 312 g/mol.